The van der Waals surface area contributed by atoms with E-state index >= 15 is 0 Å². The molecule has 0 aliphatic rings. The predicted molar refractivity (Wildman–Crippen MR) is 126 cm³/mol. The zero-order valence-electron chi connectivity index (χ0n) is 17.6. The first-order valence-corrected chi connectivity index (χ1v) is 12.7. The number of ether oxygens (including phenoxy) is 1. The van der Waals surface area contributed by atoms with Crippen LogP contribution in [0.1, 0.15) is 27.7 Å². The molecule has 4 nitrogen and oxygen atoms in total. The van der Waals surface area contributed by atoms with Gasteiger partial charge in [0.1, 0.15) is 5.82 Å². The summed E-state index contributed by atoms with van der Waals surface area (Å²) in [4.78, 5) is 13.3. The highest BCUT2D eigenvalue weighted by Gasteiger charge is 2.15. The summed E-state index contributed by atoms with van der Waals surface area (Å²) in [5, 5.41) is 0.503. The maximum Gasteiger partial charge on any atom is 0.338 e. The van der Waals surface area contributed by atoms with Crippen LogP contribution in [0.25, 0.3) is 21.2 Å². The molecule has 0 atom stereocenters. The molecule has 0 unspecified atom stereocenters. The van der Waals surface area contributed by atoms with Gasteiger partial charge in [-0.2, -0.15) is 0 Å². The van der Waals surface area contributed by atoms with Crippen molar-refractivity contribution in [1.82, 2.24) is 0 Å². The van der Waals surface area contributed by atoms with E-state index in [4.69, 9.17) is 4.74 Å². The second-order valence-corrected chi connectivity index (χ2v) is 10.6. The number of hydrogen-bond donors (Lipinski definition) is 0. The highest BCUT2D eigenvalue weighted by Crippen LogP contribution is 2.37. The Bertz CT molecular complexity index is 1420. The Balaban J connectivity index is 1.75. The van der Waals surface area contributed by atoms with Crippen LogP contribution in [0.15, 0.2) is 71.6 Å². The van der Waals surface area contributed by atoms with E-state index in [1.807, 2.05) is 12.1 Å². The zero-order chi connectivity index (χ0) is 22.9. The molecule has 0 aliphatic carbocycles. The normalized spacial score (nSPS) is 11.6. The highest BCUT2D eigenvalue weighted by atomic mass is 32.2. The van der Waals surface area contributed by atoms with Crippen LogP contribution in [0.5, 0.6) is 0 Å². The van der Waals surface area contributed by atoms with Crippen molar-refractivity contribution in [2.24, 2.45) is 0 Å². The largest absolute Gasteiger partial charge is 0.462 e. The molecule has 0 radical (unpaired) electrons. The fourth-order valence-corrected chi connectivity index (χ4v) is 5.50. The molecule has 4 aromatic rings. The van der Waals surface area contributed by atoms with E-state index in [2.05, 4.69) is 0 Å². The highest BCUT2D eigenvalue weighted by molar-refractivity contribution is 7.90. The first-order valence-electron chi connectivity index (χ1n) is 10.0. The van der Waals surface area contributed by atoms with E-state index in [0.29, 0.717) is 24.0 Å². The molecule has 1 aromatic heterocycles. The number of rotatable bonds is 6. The quantitative estimate of drug-likeness (QED) is 0.332. The van der Waals surface area contributed by atoms with Crippen molar-refractivity contribution in [3.05, 3.63) is 88.6 Å². The van der Waals surface area contributed by atoms with Crippen LogP contribution in [0.4, 0.5) is 4.39 Å². The van der Waals surface area contributed by atoms with Crippen molar-refractivity contribution >= 4 is 37.2 Å². The average Bonchev–Trinajstić information content (AvgIpc) is 3.18. The topological polar surface area (TPSA) is 60.4 Å². The van der Waals surface area contributed by atoms with Crippen LogP contribution >= 0.6 is 11.3 Å². The van der Waals surface area contributed by atoms with Crippen LogP contribution in [-0.4, -0.2) is 27.2 Å². The molecular weight excluding hydrogens is 447 g/mol. The van der Waals surface area contributed by atoms with E-state index in [0.717, 1.165) is 26.3 Å². The molecule has 0 bridgehead atoms. The maximum atomic E-state index is 14.6. The monoisotopic (exact) mass is 468 g/mol. The number of sulfone groups is 1. The Hall–Kier alpha value is -3.03. The average molecular weight is 469 g/mol. The molecular formula is C25H21FO4S2. The van der Waals surface area contributed by atoms with Crippen LogP contribution in [-0.2, 0) is 21.0 Å². The SMILES string of the molecule is CCOC(=O)c1cccc(-c2ccc(F)c3cc(Cc4cccc(S(C)(=O)=O)c4)sc23)c1. The molecule has 0 saturated carbocycles. The molecule has 4 rings (SSSR count). The Morgan fingerprint density at radius 3 is 2.56 bits per heavy atom. The molecule has 0 saturated heterocycles. The fourth-order valence-electron chi connectivity index (χ4n) is 3.57. The first-order chi connectivity index (χ1) is 15.3. The Kier molecular flexibility index (Phi) is 6.13. The Morgan fingerprint density at radius 1 is 1.03 bits per heavy atom. The molecule has 32 heavy (non-hydrogen) atoms. The summed E-state index contributed by atoms with van der Waals surface area (Å²) in [5.41, 5.74) is 2.91. The number of carbonyl (C=O) groups excluding carboxylic acids is 1. The van der Waals surface area contributed by atoms with Gasteiger partial charge in [-0.25, -0.2) is 17.6 Å². The number of thiophene rings is 1. The van der Waals surface area contributed by atoms with Crippen molar-refractivity contribution in [1.29, 1.82) is 0 Å². The third kappa shape index (κ3) is 4.59. The number of esters is 1. The second kappa shape index (κ2) is 8.84. The van der Waals surface area contributed by atoms with Crippen LogP contribution in [0.2, 0.25) is 0 Å². The van der Waals surface area contributed by atoms with Gasteiger partial charge in [0.05, 0.1) is 17.1 Å². The smallest absolute Gasteiger partial charge is 0.338 e. The van der Waals surface area contributed by atoms with Gasteiger partial charge in [0, 0.05) is 27.6 Å². The van der Waals surface area contributed by atoms with Gasteiger partial charge >= 0.3 is 5.97 Å². The number of hydrogen-bond acceptors (Lipinski definition) is 5. The minimum absolute atomic E-state index is 0.263. The standard InChI is InChI=1S/C25H21FO4S2/c1-3-30-25(27)18-8-5-7-17(14-18)21-10-11-23(26)22-15-19(31-24(21)22)12-16-6-4-9-20(13-16)32(2,28)29/h4-11,13-15H,3,12H2,1-2H3. The van der Waals surface area contributed by atoms with Gasteiger partial charge in [-0.05, 0) is 60.0 Å². The van der Waals surface area contributed by atoms with Gasteiger partial charge in [-0.3, -0.25) is 0 Å². The third-order valence-corrected chi connectivity index (χ3v) is 7.35. The first kappa shape index (κ1) is 22.2. The van der Waals surface area contributed by atoms with E-state index in [1.165, 1.54) is 23.7 Å². The maximum absolute atomic E-state index is 14.6. The molecule has 164 valence electrons. The summed E-state index contributed by atoms with van der Waals surface area (Å²) < 4.78 is 44.2. The van der Waals surface area contributed by atoms with Gasteiger partial charge in [0.2, 0.25) is 0 Å². The lowest BCUT2D eigenvalue weighted by atomic mass is 10.0. The number of halogens is 1. The minimum atomic E-state index is -3.30. The third-order valence-electron chi connectivity index (χ3n) is 5.07. The molecule has 0 fully saturated rings. The van der Waals surface area contributed by atoms with Crippen molar-refractivity contribution in [2.45, 2.75) is 18.2 Å². The van der Waals surface area contributed by atoms with Crippen molar-refractivity contribution < 1.29 is 22.3 Å². The Morgan fingerprint density at radius 2 is 1.81 bits per heavy atom. The van der Waals surface area contributed by atoms with E-state index in [1.54, 1.807) is 55.5 Å². The summed E-state index contributed by atoms with van der Waals surface area (Å²) in [5.74, 6) is -0.719. The van der Waals surface area contributed by atoms with Crippen molar-refractivity contribution in [3.63, 3.8) is 0 Å². The molecule has 0 N–H and O–H groups in total. The summed E-state index contributed by atoms with van der Waals surface area (Å²) in [6, 6.07) is 18.8. The fraction of sp³-hybridized carbons (Fsp3) is 0.160. The number of fused-ring (bicyclic) bond motifs is 1. The van der Waals surface area contributed by atoms with Gasteiger partial charge < -0.3 is 4.74 Å². The summed E-state index contributed by atoms with van der Waals surface area (Å²) >= 11 is 1.46. The van der Waals surface area contributed by atoms with E-state index in [-0.39, 0.29) is 10.7 Å². The van der Waals surface area contributed by atoms with Crippen LogP contribution in [0.3, 0.4) is 0 Å². The second-order valence-electron chi connectivity index (χ2n) is 7.45. The van der Waals surface area contributed by atoms with Gasteiger partial charge in [-0.15, -0.1) is 11.3 Å². The predicted octanol–water partition coefficient (Wildman–Crippen LogP) is 5.88. The molecule has 7 heteroatoms. The van der Waals surface area contributed by atoms with Crippen molar-refractivity contribution in [3.8, 4) is 11.1 Å². The lowest BCUT2D eigenvalue weighted by Gasteiger charge is -2.07. The minimum Gasteiger partial charge on any atom is -0.462 e. The molecule has 0 aliphatic heterocycles. The molecule has 0 amide bonds. The van der Waals surface area contributed by atoms with Crippen LogP contribution in [0, 0.1) is 5.82 Å². The molecule has 0 spiro atoms. The van der Waals surface area contributed by atoms with Gasteiger partial charge in [0.15, 0.2) is 9.84 Å². The summed E-state index contributed by atoms with van der Waals surface area (Å²) in [6.07, 6.45) is 1.67. The van der Waals surface area contributed by atoms with E-state index in [9.17, 15) is 17.6 Å². The Labute approximate surface area is 190 Å². The molecule has 3 aromatic carbocycles. The number of benzene rings is 3. The van der Waals surface area contributed by atoms with Gasteiger partial charge in [-0.1, -0.05) is 30.3 Å². The van der Waals surface area contributed by atoms with E-state index < -0.39 is 15.8 Å². The van der Waals surface area contributed by atoms with Crippen molar-refractivity contribution in [2.75, 3.05) is 12.9 Å². The lowest BCUT2D eigenvalue weighted by Crippen LogP contribution is -2.04. The summed E-state index contributed by atoms with van der Waals surface area (Å²) in [6.45, 7) is 2.04. The van der Waals surface area contributed by atoms with Gasteiger partial charge in [0.25, 0.3) is 0 Å². The summed E-state index contributed by atoms with van der Waals surface area (Å²) in [7, 11) is -3.30. The molecule has 1 heterocycles. The van der Waals surface area contributed by atoms with Crippen LogP contribution < -0.4 is 0 Å². The lowest BCUT2D eigenvalue weighted by molar-refractivity contribution is 0.0526. The number of carbonyl (C=O) groups is 1. The zero-order valence-corrected chi connectivity index (χ0v) is 19.2.